The third kappa shape index (κ3) is 6.27. The first-order valence-corrected chi connectivity index (χ1v) is 10.4. The standard InChI is InChI=1S/C22H22F3N5O5/c1-33-18-8-7-13(11-19(18)34-2)21(32)30-10-9-15(16(12-30)28-29-26)27-20(31)14-5-3-4-6-17(14)35-22(23,24)25/h3-8,11,15-16H,9-10,12H2,1-2H3,(H,27,31). The summed E-state index contributed by atoms with van der Waals surface area (Å²) in [5, 5.41) is 6.30. The van der Waals surface area contributed by atoms with E-state index in [1.165, 1.54) is 43.4 Å². The highest BCUT2D eigenvalue weighted by molar-refractivity contribution is 5.97. The molecular weight excluding hydrogens is 471 g/mol. The fourth-order valence-electron chi connectivity index (χ4n) is 3.73. The van der Waals surface area contributed by atoms with Crippen LogP contribution in [0.3, 0.4) is 0 Å². The Bertz CT molecular complexity index is 1140. The molecule has 0 saturated carbocycles. The van der Waals surface area contributed by atoms with Gasteiger partial charge in [-0.05, 0) is 42.3 Å². The van der Waals surface area contributed by atoms with E-state index < -0.39 is 30.1 Å². The Balaban J connectivity index is 1.75. The van der Waals surface area contributed by atoms with Crippen molar-refractivity contribution in [2.24, 2.45) is 5.11 Å². The van der Waals surface area contributed by atoms with E-state index in [1.807, 2.05) is 0 Å². The van der Waals surface area contributed by atoms with Gasteiger partial charge in [-0.1, -0.05) is 17.2 Å². The highest BCUT2D eigenvalue weighted by Gasteiger charge is 2.35. The Labute approximate surface area is 198 Å². The zero-order valence-electron chi connectivity index (χ0n) is 18.8. The van der Waals surface area contributed by atoms with Crippen LogP contribution in [-0.4, -0.2) is 62.5 Å². The number of halogens is 3. The van der Waals surface area contributed by atoms with Crippen LogP contribution in [0.2, 0.25) is 0 Å². The zero-order valence-corrected chi connectivity index (χ0v) is 18.8. The van der Waals surface area contributed by atoms with Crippen LogP contribution in [0, 0.1) is 0 Å². The highest BCUT2D eigenvalue weighted by Crippen LogP contribution is 2.29. The molecule has 1 saturated heterocycles. The third-order valence-corrected chi connectivity index (χ3v) is 5.37. The van der Waals surface area contributed by atoms with Crippen molar-refractivity contribution in [1.29, 1.82) is 0 Å². The van der Waals surface area contributed by atoms with E-state index in [1.54, 1.807) is 12.1 Å². The monoisotopic (exact) mass is 493 g/mol. The number of para-hydroxylation sites is 1. The van der Waals surface area contributed by atoms with E-state index in [9.17, 15) is 22.8 Å². The molecule has 2 atom stereocenters. The van der Waals surface area contributed by atoms with Crippen LogP contribution in [-0.2, 0) is 0 Å². The summed E-state index contributed by atoms with van der Waals surface area (Å²) in [6.45, 7) is 0.194. The van der Waals surface area contributed by atoms with Gasteiger partial charge in [0.2, 0.25) is 0 Å². The van der Waals surface area contributed by atoms with E-state index >= 15 is 0 Å². The number of nitrogens with zero attached hydrogens (tertiary/aromatic N) is 4. The minimum atomic E-state index is -4.97. The molecule has 0 radical (unpaired) electrons. The predicted molar refractivity (Wildman–Crippen MR) is 117 cm³/mol. The van der Waals surface area contributed by atoms with Gasteiger partial charge in [0.15, 0.2) is 11.5 Å². The van der Waals surface area contributed by atoms with Gasteiger partial charge in [-0.3, -0.25) is 9.59 Å². The zero-order chi connectivity index (χ0) is 25.6. The van der Waals surface area contributed by atoms with Crippen LogP contribution in [0.25, 0.3) is 10.4 Å². The number of carbonyl (C=O) groups is 2. The van der Waals surface area contributed by atoms with Gasteiger partial charge in [-0.2, -0.15) is 0 Å². The summed E-state index contributed by atoms with van der Waals surface area (Å²) in [7, 11) is 2.91. The van der Waals surface area contributed by atoms with E-state index in [-0.39, 0.29) is 31.0 Å². The normalized spacial score (nSPS) is 17.7. The van der Waals surface area contributed by atoms with Crippen molar-refractivity contribution in [2.45, 2.75) is 24.9 Å². The van der Waals surface area contributed by atoms with Crippen LogP contribution in [0.15, 0.2) is 47.6 Å². The Morgan fingerprint density at radius 3 is 2.49 bits per heavy atom. The summed E-state index contributed by atoms with van der Waals surface area (Å²) >= 11 is 0. The first-order chi connectivity index (χ1) is 16.7. The Morgan fingerprint density at radius 2 is 1.83 bits per heavy atom. The largest absolute Gasteiger partial charge is 0.573 e. The smallest absolute Gasteiger partial charge is 0.493 e. The van der Waals surface area contributed by atoms with Gasteiger partial charge in [0, 0.05) is 29.6 Å². The van der Waals surface area contributed by atoms with Crippen molar-refractivity contribution < 1.29 is 37.0 Å². The van der Waals surface area contributed by atoms with Crippen LogP contribution < -0.4 is 19.5 Å². The number of likely N-dealkylation sites (tertiary alicyclic amines) is 1. The average molecular weight is 493 g/mol. The number of alkyl halides is 3. The van der Waals surface area contributed by atoms with Crippen molar-refractivity contribution in [1.82, 2.24) is 10.2 Å². The molecule has 2 amide bonds. The molecule has 2 aromatic carbocycles. The quantitative estimate of drug-likeness (QED) is 0.355. The second-order valence-corrected chi connectivity index (χ2v) is 7.51. The van der Waals surface area contributed by atoms with Gasteiger partial charge < -0.3 is 24.4 Å². The van der Waals surface area contributed by atoms with Gasteiger partial charge in [0.25, 0.3) is 11.8 Å². The molecule has 1 N–H and O–H groups in total. The van der Waals surface area contributed by atoms with E-state index in [4.69, 9.17) is 15.0 Å². The number of azide groups is 1. The van der Waals surface area contributed by atoms with Crippen molar-refractivity contribution in [2.75, 3.05) is 27.3 Å². The molecule has 0 aliphatic carbocycles. The van der Waals surface area contributed by atoms with Gasteiger partial charge in [-0.25, -0.2) is 0 Å². The molecule has 0 bridgehead atoms. The number of hydrogen-bond donors (Lipinski definition) is 1. The predicted octanol–water partition coefficient (Wildman–Crippen LogP) is 3.93. The minimum Gasteiger partial charge on any atom is -0.493 e. The van der Waals surface area contributed by atoms with E-state index in [0.29, 0.717) is 17.1 Å². The van der Waals surface area contributed by atoms with Crippen LogP contribution in [0.1, 0.15) is 27.1 Å². The number of carbonyl (C=O) groups excluding carboxylic acids is 2. The third-order valence-electron chi connectivity index (χ3n) is 5.37. The van der Waals surface area contributed by atoms with Crippen LogP contribution in [0.5, 0.6) is 17.2 Å². The highest BCUT2D eigenvalue weighted by atomic mass is 19.4. The molecule has 10 nitrogen and oxygen atoms in total. The molecule has 1 aliphatic rings. The number of piperidine rings is 1. The number of methoxy groups -OCH3 is 2. The number of amides is 2. The lowest BCUT2D eigenvalue weighted by atomic mass is 9.98. The first kappa shape index (κ1) is 25.5. The number of nitrogens with one attached hydrogen (secondary N) is 1. The maximum absolute atomic E-state index is 13.0. The lowest BCUT2D eigenvalue weighted by Gasteiger charge is -2.37. The lowest BCUT2D eigenvalue weighted by Crippen LogP contribution is -2.54. The maximum atomic E-state index is 13.0. The average Bonchev–Trinajstić information content (AvgIpc) is 2.83. The van der Waals surface area contributed by atoms with E-state index in [2.05, 4.69) is 20.1 Å². The molecule has 1 fully saturated rings. The topological polar surface area (TPSA) is 126 Å². The van der Waals surface area contributed by atoms with Crippen LogP contribution in [0.4, 0.5) is 13.2 Å². The summed E-state index contributed by atoms with van der Waals surface area (Å²) in [6, 6.07) is 8.03. The summed E-state index contributed by atoms with van der Waals surface area (Å²) in [4.78, 5) is 30.0. The SMILES string of the molecule is COc1ccc(C(=O)N2CCC(NC(=O)c3ccccc3OC(F)(F)F)C(N=[N+]=[N-])C2)cc1OC. The summed E-state index contributed by atoms with van der Waals surface area (Å²) in [5.41, 5.74) is 8.99. The Hall–Kier alpha value is -4.12. The lowest BCUT2D eigenvalue weighted by molar-refractivity contribution is -0.274. The number of rotatable bonds is 7. The fraction of sp³-hybridized carbons (Fsp3) is 0.364. The number of hydrogen-bond acceptors (Lipinski definition) is 6. The molecule has 35 heavy (non-hydrogen) atoms. The summed E-state index contributed by atoms with van der Waals surface area (Å²) in [6.07, 6.45) is -4.77. The van der Waals surface area contributed by atoms with E-state index in [0.717, 1.165) is 6.07 Å². The first-order valence-electron chi connectivity index (χ1n) is 10.4. The molecule has 2 aromatic rings. The fourth-order valence-corrected chi connectivity index (χ4v) is 3.73. The second-order valence-electron chi connectivity index (χ2n) is 7.51. The van der Waals surface area contributed by atoms with Gasteiger partial charge in [0.1, 0.15) is 5.75 Å². The molecule has 0 spiro atoms. The maximum Gasteiger partial charge on any atom is 0.573 e. The van der Waals surface area contributed by atoms with Gasteiger partial charge in [0.05, 0.1) is 25.8 Å². The van der Waals surface area contributed by atoms with Crippen molar-refractivity contribution >= 4 is 11.8 Å². The molecule has 13 heteroatoms. The molecule has 186 valence electrons. The molecule has 0 aromatic heterocycles. The number of ether oxygens (including phenoxy) is 3. The Kier molecular flexibility index (Phi) is 7.92. The van der Waals surface area contributed by atoms with Crippen molar-refractivity contribution in [3.63, 3.8) is 0 Å². The second kappa shape index (κ2) is 10.9. The molecule has 1 aliphatic heterocycles. The van der Waals surface area contributed by atoms with Crippen molar-refractivity contribution in [3.05, 3.63) is 64.0 Å². The summed E-state index contributed by atoms with van der Waals surface area (Å²) < 4.78 is 52.4. The molecular formula is C22H22F3N5O5. The number of benzene rings is 2. The molecule has 3 rings (SSSR count). The summed E-state index contributed by atoms with van der Waals surface area (Å²) in [5.74, 6) is -1.01. The van der Waals surface area contributed by atoms with Crippen molar-refractivity contribution in [3.8, 4) is 17.2 Å². The molecule has 2 unspecified atom stereocenters. The Morgan fingerprint density at radius 1 is 1.11 bits per heavy atom. The van der Waals surface area contributed by atoms with Gasteiger partial charge in [-0.15, -0.1) is 13.2 Å². The van der Waals surface area contributed by atoms with Gasteiger partial charge >= 0.3 is 6.36 Å². The van der Waals surface area contributed by atoms with Crippen LogP contribution >= 0.6 is 0 Å². The molecule has 1 heterocycles. The minimum absolute atomic E-state index is 0.0110.